The van der Waals surface area contributed by atoms with E-state index in [4.69, 9.17) is 0 Å². The lowest BCUT2D eigenvalue weighted by Crippen LogP contribution is -2.28. The van der Waals surface area contributed by atoms with Crippen molar-refractivity contribution in [1.82, 2.24) is 4.90 Å². The molecular formula is C15H26N2S. The third-order valence-electron chi connectivity index (χ3n) is 2.93. The molecule has 2 nitrogen and oxygen atoms in total. The molecule has 0 aromatic heterocycles. The first kappa shape index (κ1) is 15.4. The van der Waals surface area contributed by atoms with Crippen LogP contribution in [0.2, 0.25) is 0 Å². The molecule has 0 bridgehead atoms. The van der Waals surface area contributed by atoms with Crippen LogP contribution in [-0.4, -0.2) is 50.6 Å². The van der Waals surface area contributed by atoms with Crippen LogP contribution >= 0.6 is 11.8 Å². The van der Waals surface area contributed by atoms with E-state index in [0.717, 1.165) is 19.6 Å². The summed E-state index contributed by atoms with van der Waals surface area (Å²) in [4.78, 5) is 4.77. The van der Waals surface area contributed by atoms with Crippen molar-refractivity contribution in [3.8, 4) is 0 Å². The normalized spacial score (nSPS) is 10.9. The summed E-state index contributed by atoms with van der Waals surface area (Å²) in [5, 5.41) is 0. The first-order chi connectivity index (χ1) is 8.74. The van der Waals surface area contributed by atoms with Gasteiger partial charge in [0.05, 0.1) is 0 Å². The van der Waals surface area contributed by atoms with Gasteiger partial charge in [0.15, 0.2) is 0 Å². The third kappa shape index (κ3) is 6.31. The fourth-order valence-corrected chi connectivity index (χ4v) is 2.40. The van der Waals surface area contributed by atoms with E-state index in [-0.39, 0.29) is 0 Å². The van der Waals surface area contributed by atoms with E-state index in [1.165, 1.54) is 24.3 Å². The third-order valence-corrected chi connectivity index (χ3v) is 3.63. The average Bonchev–Trinajstić information content (AvgIpc) is 2.38. The molecule has 0 N–H and O–H groups in total. The molecule has 0 saturated carbocycles. The van der Waals surface area contributed by atoms with Gasteiger partial charge < -0.3 is 9.80 Å². The van der Waals surface area contributed by atoms with Crippen LogP contribution in [-0.2, 0) is 0 Å². The summed E-state index contributed by atoms with van der Waals surface area (Å²) in [5.74, 6) is 1.25. The molecule has 0 heterocycles. The van der Waals surface area contributed by atoms with Crippen LogP contribution in [0.5, 0.6) is 0 Å². The predicted octanol–water partition coefficient (Wildman–Crippen LogP) is 3.20. The summed E-state index contributed by atoms with van der Waals surface area (Å²) in [7, 11) is 4.28. The quantitative estimate of drug-likeness (QED) is 0.634. The molecule has 0 atom stereocenters. The summed E-state index contributed by atoms with van der Waals surface area (Å²) >= 11 is 1.93. The van der Waals surface area contributed by atoms with Gasteiger partial charge in [-0.15, -0.1) is 0 Å². The van der Waals surface area contributed by atoms with Crippen LogP contribution in [0.4, 0.5) is 5.69 Å². The fraction of sp³-hybridized carbons (Fsp3) is 0.600. The molecule has 0 aliphatic rings. The van der Waals surface area contributed by atoms with Crippen molar-refractivity contribution in [2.75, 3.05) is 50.6 Å². The number of thioether (sulfide) groups is 1. The number of benzene rings is 1. The molecule has 3 heteroatoms. The Labute approximate surface area is 116 Å². The van der Waals surface area contributed by atoms with Gasteiger partial charge in [-0.2, -0.15) is 11.8 Å². The highest BCUT2D eigenvalue weighted by Gasteiger charge is 2.05. The number of nitrogens with zero attached hydrogens (tertiary/aromatic N) is 2. The van der Waals surface area contributed by atoms with Crippen molar-refractivity contribution in [1.29, 1.82) is 0 Å². The van der Waals surface area contributed by atoms with Crippen molar-refractivity contribution in [2.45, 2.75) is 12.8 Å². The number of anilines is 1. The average molecular weight is 266 g/mol. The van der Waals surface area contributed by atoms with Crippen molar-refractivity contribution in [3.05, 3.63) is 30.3 Å². The minimum atomic E-state index is 1.15. The summed E-state index contributed by atoms with van der Waals surface area (Å²) in [5.41, 5.74) is 1.36. The van der Waals surface area contributed by atoms with Gasteiger partial charge in [0.1, 0.15) is 0 Å². The Bertz CT molecular complexity index is 301. The number of hydrogen-bond donors (Lipinski definition) is 0. The molecule has 0 saturated heterocycles. The minimum absolute atomic E-state index is 1.15. The smallest absolute Gasteiger partial charge is 0.0366 e. The van der Waals surface area contributed by atoms with Gasteiger partial charge in [0.25, 0.3) is 0 Å². The minimum Gasteiger partial charge on any atom is -0.371 e. The lowest BCUT2D eigenvalue weighted by Gasteiger charge is -2.25. The first-order valence-corrected chi connectivity index (χ1v) is 8.07. The zero-order valence-electron chi connectivity index (χ0n) is 11.9. The topological polar surface area (TPSA) is 6.48 Å². The van der Waals surface area contributed by atoms with Crippen LogP contribution in [0.1, 0.15) is 12.8 Å². The highest BCUT2D eigenvalue weighted by molar-refractivity contribution is 7.98. The maximum atomic E-state index is 2.51. The van der Waals surface area contributed by atoms with Crippen molar-refractivity contribution >= 4 is 17.4 Å². The van der Waals surface area contributed by atoms with Crippen molar-refractivity contribution in [3.63, 3.8) is 0 Å². The maximum Gasteiger partial charge on any atom is 0.0366 e. The standard InChI is InChI=1S/C15H26N2S/c1-16(2)11-7-12-17(13-8-14-18-3)15-9-5-4-6-10-15/h4-6,9-10H,7-8,11-14H2,1-3H3. The van der Waals surface area contributed by atoms with Gasteiger partial charge in [0.2, 0.25) is 0 Å². The molecule has 1 aromatic carbocycles. The van der Waals surface area contributed by atoms with Crippen LogP contribution in [0.15, 0.2) is 30.3 Å². The van der Waals surface area contributed by atoms with Gasteiger partial charge in [-0.1, -0.05) is 18.2 Å². The molecule has 1 rings (SSSR count). The largest absolute Gasteiger partial charge is 0.371 e. The molecule has 0 spiro atoms. The summed E-state index contributed by atoms with van der Waals surface area (Å²) in [6.45, 7) is 3.47. The molecule has 102 valence electrons. The SMILES string of the molecule is CSCCCN(CCCN(C)C)c1ccccc1. The Hall–Kier alpha value is -0.670. The molecule has 0 aliphatic heterocycles. The van der Waals surface area contributed by atoms with E-state index >= 15 is 0 Å². The van der Waals surface area contributed by atoms with E-state index in [1.807, 2.05) is 11.8 Å². The Morgan fingerprint density at radius 3 is 2.22 bits per heavy atom. The maximum absolute atomic E-state index is 2.51. The van der Waals surface area contributed by atoms with Crippen LogP contribution in [0.3, 0.4) is 0 Å². The van der Waals surface area contributed by atoms with Gasteiger partial charge in [-0.25, -0.2) is 0 Å². The monoisotopic (exact) mass is 266 g/mol. The highest BCUT2D eigenvalue weighted by Crippen LogP contribution is 2.14. The lowest BCUT2D eigenvalue weighted by molar-refractivity contribution is 0.400. The van der Waals surface area contributed by atoms with Gasteiger partial charge in [-0.3, -0.25) is 0 Å². The molecule has 0 fully saturated rings. The number of para-hydroxylation sites is 1. The van der Waals surface area contributed by atoms with Gasteiger partial charge >= 0.3 is 0 Å². The second-order valence-electron chi connectivity index (χ2n) is 4.83. The highest BCUT2D eigenvalue weighted by atomic mass is 32.2. The molecule has 0 radical (unpaired) electrons. The van der Waals surface area contributed by atoms with Crippen LogP contribution in [0.25, 0.3) is 0 Å². The summed E-state index contributed by atoms with van der Waals surface area (Å²) in [6.07, 6.45) is 4.66. The summed E-state index contributed by atoms with van der Waals surface area (Å²) < 4.78 is 0. The van der Waals surface area contributed by atoms with Crippen molar-refractivity contribution < 1.29 is 0 Å². The summed E-state index contributed by atoms with van der Waals surface area (Å²) in [6, 6.07) is 10.8. The lowest BCUT2D eigenvalue weighted by atomic mass is 10.2. The Morgan fingerprint density at radius 1 is 0.944 bits per heavy atom. The molecule has 18 heavy (non-hydrogen) atoms. The van der Waals surface area contributed by atoms with E-state index in [9.17, 15) is 0 Å². The van der Waals surface area contributed by atoms with E-state index in [0.29, 0.717) is 0 Å². The zero-order valence-corrected chi connectivity index (χ0v) is 12.7. The molecule has 1 aromatic rings. The Balaban J connectivity index is 2.47. The molecule has 0 amide bonds. The second-order valence-corrected chi connectivity index (χ2v) is 5.81. The van der Waals surface area contributed by atoms with Crippen LogP contribution < -0.4 is 4.90 Å². The first-order valence-electron chi connectivity index (χ1n) is 6.67. The molecule has 0 aliphatic carbocycles. The fourth-order valence-electron chi connectivity index (χ4n) is 1.99. The number of rotatable bonds is 9. The second kappa shape index (κ2) is 9.29. The Kier molecular flexibility index (Phi) is 7.94. The molecular weight excluding hydrogens is 240 g/mol. The van der Waals surface area contributed by atoms with Crippen molar-refractivity contribution in [2.24, 2.45) is 0 Å². The predicted molar refractivity (Wildman–Crippen MR) is 84.8 cm³/mol. The Morgan fingerprint density at radius 2 is 1.61 bits per heavy atom. The van der Waals surface area contributed by atoms with Crippen LogP contribution in [0, 0.1) is 0 Å². The van der Waals surface area contributed by atoms with E-state index in [2.05, 4.69) is 60.5 Å². The van der Waals surface area contributed by atoms with E-state index in [1.54, 1.807) is 0 Å². The number of hydrogen-bond acceptors (Lipinski definition) is 3. The zero-order chi connectivity index (χ0) is 13.2. The van der Waals surface area contributed by atoms with Gasteiger partial charge in [-0.05, 0) is 57.6 Å². The molecule has 0 unspecified atom stereocenters. The van der Waals surface area contributed by atoms with Gasteiger partial charge in [0, 0.05) is 18.8 Å². The van der Waals surface area contributed by atoms with E-state index < -0.39 is 0 Å².